The Labute approximate surface area is 114 Å². The van der Waals surface area contributed by atoms with Crippen LogP contribution in [0.3, 0.4) is 0 Å². The molecule has 0 unspecified atom stereocenters. The van der Waals surface area contributed by atoms with Gasteiger partial charge in [-0.3, -0.25) is 0 Å². The van der Waals surface area contributed by atoms with E-state index < -0.39 is 0 Å². The van der Waals surface area contributed by atoms with Gasteiger partial charge >= 0.3 is 0 Å². The first-order valence-electron chi connectivity index (χ1n) is 5.09. The summed E-state index contributed by atoms with van der Waals surface area (Å²) in [7, 11) is 0. The molecule has 0 heterocycles. The molecule has 0 aliphatic heterocycles. The molecule has 3 nitrogen and oxygen atoms in total. The summed E-state index contributed by atoms with van der Waals surface area (Å²) < 4.78 is 12.6. The van der Waals surface area contributed by atoms with Crippen molar-refractivity contribution in [3.63, 3.8) is 0 Å². The Morgan fingerprint density at radius 2 is 1.53 bits per heavy atom. The summed E-state index contributed by atoms with van der Waals surface area (Å²) in [5.41, 5.74) is 1.07. The van der Waals surface area contributed by atoms with Gasteiger partial charge in [-0.15, -0.1) is 24.8 Å². The van der Waals surface area contributed by atoms with Crippen LogP contribution in [0.1, 0.15) is 5.56 Å². The van der Waals surface area contributed by atoms with Crippen molar-refractivity contribution in [2.45, 2.75) is 6.54 Å². The van der Waals surface area contributed by atoms with Gasteiger partial charge in [0.05, 0.1) is 6.61 Å². The molecule has 1 rings (SSSR count). The molecule has 1 aromatic rings. The summed E-state index contributed by atoms with van der Waals surface area (Å²) in [5.74, 6) is -0.205. The number of aliphatic hydroxyl groups is 1. The number of nitrogens with one attached hydrogen (secondary N) is 2. The van der Waals surface area contributed by atoms with Crippen LogP contribution in [0.4, 0.5) is 4.39 Å². The highest BCUT2D eigenvalue weighted by Crippen LogP contribution is 2.01. The Bertz CT molecular complexity index is 273. The monoisotopic (exact) mass is 284 g/mol. The fourth-order valence-corrected chi connectivity index (χ4v) is 1.22. The van der Waals surface area contributed by atoms with Crippen molar-refractivity contribution >= 4 is 24.8 Å². The molecule has 0 saturated heterocycles. The molecule has 0 aliphatic rings. The van der Waals surface area contributed by atoms with E-state index in [2.05, 4.69) is 10.6 Å². The molecule has 17 heavy (non-hydrogen) atoms. The number of halogens is 3. The number of rotatable bonds is 7. The van der Waals surface area contributed by atoms with Gasteiger partial charge in [0.25, 0.3) is 0 Å². The van der Waals surface area contributed by atoms with E-state index in [9.17, 15) is 4.39 Å². The first-order valence-corrected chi connectivity index (χ1v) is 5.09. The van der Waals surface area contributed by atoms with Gasteiger partial charge in [-0.05, 0) is 17.7 Å². The Kier molecular flexibility index (Phi) is 13.5. The van der Waals surface area contributed by atoms with Gasteiger partial charge in [0.15, 0.2) is 0 Å². The largest absolute Gasteiger partial charge is 0.395 e. The molecule has 0 amide bonds. The van der Waals surface area contributed by atoms with Gasteiger partial charge in [-0.25, -0.2) is 4.39 Å². The van der Waals surface area contributed by atoms with E-state index in [0.717, 1.165) is 25.2 Å². The van der Waals surface area contributed by atoms with Crippen LogP contribution in [0.25, 0.3) is 0 Å². The maximum atomic E-state index is 12.6. The van der Waals surface area contributed by atoms with Gasteiger partial charge in [0, 0.05) is 26.2 Å². The predicted molar refractivity (Wildman–Crippen MR) is 72.6 cm³/mol. The third-order valence-corrected chi connectivity index (χ3v) is 2.01. The van der Waals surface area contributed by atoms with E-state index in [0.29, 0.717) is 6.54 Å². The second kappa shape index (κ2) is 12.1. The zero-order valence-corrected chi connectivity index (χ0v) is 11.1. The second-order valence-corrected chi connectivity index (χ2v) is 3.28. The second-order valence-electron chi connectivity index (χ2n) is 3.28. The SMILES string of the molecule is Cl.Cl.OCCNCCNCc1ccc(F)cc1. The van der Waals surface area contributed by atoms with Gasteiger partial charge < -0.3 is 15.7 Å². The lowest BCUT2D eigenvalue weighted by molar-refractivity contribution is 0.292. The summed E-state index contributed by atoms with van der Waals surface area (Å²) in [6, 6.07) is 6.45. The molecule has 0 spiro atoms. The molecule has 6 heteroatoms. The first-order chi connectivity index (χ1) is 7.33. The van der Waals surface area contributed by atoms with Crippen molar-refractivity contribution in [2.75, 3.05) is 26.2 Å². The van der Waals surface area contributed by atoms with Crippen molar-refractivity contribution in [1.82, 2.24) is 10.6 Å². The fraction of sp³-hybridized carbons (Fsp3) is 0.455. The van der Waals surface area contributed by atoms with Crippen molar-refractivity contribution in [1.29, 1.82) is 0 Å². The van der Waals surface area contributed by atoms with Crippen molar-refractivity contribution in [3.8, 4) is 0 Å². The van der Waals surface area contributed by atoms with Gasteiger partial charge in [-0.1, -0.05) is 12.1 Å². The highest BCUT2D eigenvalue weighted by Gasteiger charge is 1.93. The summed E-state index contributed by atoms with van der Waals surface area (Å²) in [5, 5.41) is 14.8. The summed E-state index contributed by atoms with van der Waals surface area (Å²) in [6.07, 6.45) is 0. The maximum Gasteiger partial charge on any atom is 0.123 e. The van der Waals surface area contributed by atoms with Crippen molar-refractivity contribution in [3.05, 3.63) is 35.6 Å². The number of aliphatic hydroxyl groups excluding tert-OH is 1. The third-order valence-electron chi connectivity index (χ3n) is 2.01. The highest BCUT2D eigenvalue weighted by atomic mass is 35.5. The Morgan fingerprint density at radius 3 is 2.12 bits per heavy atom. The van der Waals surface area contributed by atoms with Crippen LogP contribution in [0.5, 0.6) is 0 Å². The highest BCUT2D eigenvalue weighted by molar-refractivity contribution is 5.85. The lowest BCUT2D eigenvalue weighted by atomic mass is 10.2. The maximum absolute atomic E-state index is 12.6. The van der Waals surface area contributed by atoms with E-state index in [1.165, 1.54) is 12.1 Å². The molecule has 3 N–H and O–H groups in total. The topological polar surface area (TPSA) is 44.3 Å². The molecule has 0 bridgehead atoms. The third kappa shape index (κ3) is 9.32. The van der Waals surface area contributed by atoms with Crippen LogP contribution in [0.15, 0.2) is 24.3 Å². The number of benzene rings is 1. The average Bonchev–Trinajstić information content (AvgIpc) is 2.26. The molecule has 0 aromatic heterocycles. The van der Waals surface area contributed by atoms with E-state index in [4.69, 9.17) is 5.11 Å². The van der Waals surface area contributed by atoms with Crippen LogP contribution in [0, 0.1) is 5.82 Å². The van der Waals surface area contributed by atoms with E-state index in [1.54, 1.807) is 12.1 Å². The van der Waals surface area contributed by atoms with Crippen molar-refractivity contribution < 1.29 is 9.50 Å². The Morgan fingerprint density at radius 1 is 0.941 bits per heavy atom. The molecule has 1 aromatic carbocycles. The predicted octanol–water partition coefficient (Wildman–Crippen LogP) is 1.34. The molecule has 0 atom stereocenters. The molecule has 0 fully saturated rings. The number of hydrogen-bond acceptors (Lipinski definition) is 3. The Hall–Kier alpha value is -0.390. The van der Waals surface area contributed by atoms with Gasteiger partial charge in [-0.2, -0.15) is 0 Å². The molecular formula is C11H19Cl2FN2O. The minimum absolute atomic E-state index is 0. The smallest absolute Gasteiger partial charge is 0.123 e. The molecular weight excluding hydrogens is 266 g/mol. The van der Waals surface area contributed by atoms with E-state index in [1.807, 2.05) is 0 Å². The molecule has 0 saturated carbocycles. The summed E-state index contributed by atoms with van der Waals surface area (Å²) in [6.45, 7) is 3.18. The minimum Gasteiger partial charge on any atom is -0.395 e. The van der Waals surface area contributed by atoms with Crippen LogP contribution in [-0.2, 0) is 6.54 Å². The zero-order valence-electron chi connectivity index (χ0n) is 9.49. The zero-order chi connectivity index (χ0) is 10.9. The van der Waals surface area contributed by atoms with E-state index in [-0.39, 0.29) is 37.2 Å². The lowest BCUT2D eigenvalue weighted by Gasteiger charge is -2.05. The summed E-state index contributed by atoms with van der Waals surface area (Å²) >= 11 is 0. The quantitative estimate of drug-likeness (QED) is 0.662. The lowest BCUT2D eigenvalue weighted by Crippen LogP contribution is -2.28. The minimum atomic E-state index is -0.205. The Balaban J connectivity index is 0. The summed E-state index contributed by atoms with van der Waals surface area (Å²) in [4.78, 5) is 0. The van der Waals surface area contributed by atoms with Crippen molar-refractivity contribution in [2.24, 2.45) is 0 Å². The van der Waals surface area contributed by atoms with Gasteiger partial charge in [0.1, 0.15) is 5.82 Å². The van der Waals surface area contributed by atoms with E-state index >= 15 is 0 Å². The van der Waals surface area contributed by atoms with Crippen LogP contribution >= 0.6 is 24.8 Å². The van der Waals surface area contributed by atoms with Gasteiger partial charge in [0.2, 0.25) is 0 Å². The standard InChI is InChI=1S/C11H17FN2O.2ClH/c12-11-3-1-10(2-4-11)9-14-6-5-13-7-8-15;;/h1-4,13-15H,5-9H2;2*1H. The van der Waals surface area contributed by atoms with Crippen LogP contribution < -0.4 is 10.6 Å². The van der Waals surface area contributed by atoms with Crippen LogP contribution in [-0.4, -0.2) is 31.3 Å². The van der Waals surface area contributed by atoms with Crippen LogP contribution in [0.2, 0.25) is 0 Å². The average molecular weight is 285 g/mol. The molecule has 100 valence electrons. The molecule has 0 radical (unpaired) electrons. The normalized spacial score (nSPS) is 9.29. The molecule has 0 aliphatic carbocycles. The first kappa shape index (κ1) is 19.0. The number of hydrogen-bond donors (Lipinski definition) is 3. The fourth-order valence-electron chi connectivity index (χ4n) is 1.22.